The predicted octanol–water partition coefficient (Wildman–Crippen LogP) is 3.67. The molecule has 1 aliphatic heterocycles. The average molecular weight is 501 g/mol. The number of carbonyl (C=O) groups is 1. The zero-order valence-electron chi connectivity index (χ0n) is 20.5. The summed E-state index contributed by atoms with van der Waals surface area (Å²) in [4.78, 5) is 17.2. The third-order valence-electron chi connectivity index (χ3n) is 6.08. The summed E-state index contributed by atoms with van der Waals surface area (Å²) in [5.74, 6) is 0.452. The van der Waals surface area contributed by atoms with E-state index in [2.05, 4.69) is 27.4 Å². The molecule has 3 rings (SSSR count). The minimum Gasteiger partial charge on any atom is -0.354 e. The van der Waals surface area contributed by atoms with Gasteiger partial charge in [-0.15, -0.1) is 0 Å². The number of rotatable bonds is 9. The quantitative estimate of drug-likeness (QED) is 0.308. The van der Waals surface area contributed by atoms with Crippen LogP contribution in [0.25, 0.3) is 0 Å². The molecule has 1 fully saturated rings. The Morgan fingerprint density at radius 1 is 1.03 bits per heavy atom. The van der Waals surface area contributed by atoms with Crippen molar-refractivity contribution in [1.29, 1.82) is 5.41 Å². The maximum Gasteiger partial charge on any atom is 0.323 e. The molecule has 35 heavy (non-hydrogen) atoms. The van der Waals surface area contributed by atoms with Crippen molar-refractivity contribution >= 4 is 33.3 Å². The van der Waals surface area contributed by atoms with Crippen molar-refractivity contribution in [3.63, 3.8) is 0 Å². The molecule has 1 heterocycles. The molecule has 190 valence electrons. The Kier molecular flexibility index (Phi) is 9.25. The van der Waals surface area contributed by atoms with Crippen molar-refractivity contribution in [3.05, 3.63) is 53.6 Å². The van der Waals surface area contributed by atoms with Gasteiger partial charge in [0.25, 0.3) is 0 Å². The number of hydrogen-bond donors (Lipinski definition) is 4. The van der Waals surface area contributed by atoms with Crippen molar-refractivity contribution in [2.24, 2.45) is 5.14 Å². The second-order valence-electron chi connectivity index (χ2n) is 8.80. The van der Waals surface area contributed by atoms with E-state index < -0.39 is 16.1 Å². The van der Waals surface area contributed by atoms with Gasteiger partial charge >= 0.3 is 6.03 Å². The van der Waals surface area contributed by atoms with E-state index in [-0.39, 0.29) is 4.90 Å². The number of primary sulfonamides is 1. The van der Waals surface area contributed by atoms with Crippen LogP contribution in [-0.4, -0.2) is 62.8 Å². The highest BCUT2D eigenvalue weighted by Crippen LogP contribution is 2.22. The van der Waals surface area contributed by atoms with E-state index in [0.717, 1.165) is 44.7 Å². The molecule has 0 saturated carbocycles. The molecule has 2 amide bonds. The molecular weight excluding hydrogens is 464 g/mol. The van der Waals surface area contributed by atoms with Crippen LogP contribution in [0.2, 0.25) is 0 Å². The van der Waals surface area contributed by atoms with Crippen molar-refractivity contribution < 1.29 is 13.2 Å². The van der Waals surface area contributed by atoms with Crippen LogP contribution in [0.4, 0.5) is 16.2 Å². The lowest BCUT2D eigenvalue weighted by molar-refractivity contribution is 0.180. The number of benzene rings is 2. The molecule has 0 unspecified atom stereocenters. The lowest BCUT2D eigenvalue weighted by Gasteiger charge is -2.36. The first kappa shape index (κ1) is 26.7. The first-order valence-electron chi connectivity index (χ1n) is 12.1. The molecule has 9 nitrogen and oxygen atoms in total. The molecule has 0 aromatic heterocycles. The number of unbranched alkanes of at least 4 members (excludes halogenated alkanes) is 1. The lowest BCUT2D eigenvalue weighted by Crippen LogP contribution is -2.48. The molecule has 2 aromatic carbocycles. The third-order valence-corrected chi connectivity index (χ3v) is 6.99. The Labute approximate surface area is 208 Å². The molecule has 10 heteroatoms. The van der Waals surface area contributed by atoms with E-state index in [9.17, 15) is 13.2 Å². The number of carbonyl (C=O) groups excluding carboxylic acids is 1. The van der Waals surface area contributed by atoms with Crippen molar-refractivity contribution in [2.75, 3.05) is 43.4 Å². The summed E-state index contributed by atoms with van der Waals surface area (Å²) < 4.78 is 23.4. The average Bonchev–Trinajstić information content (AvgIpc) is 2.83. The first-order valence-corrected chi connectivity index (χ1v) is 13.7. The fourth-order valence-corrected chi connectivity index (χ4v) is 4.70. The fourth-order valence-electron chi connectivity index (χ4n) is 4.13. The third kappa shape index (κ3) is 7.51. The fraction of sp³-hybridized carbons (Fsp3) is 0.440. The van der Waals surface area contributed by atoms with Gasteiger partial charge in [0.1, 0.15) is 5.84 Å². The number of amides is 2. The summed E-state index contributed by atoms with van der Waals surface area (Å²) in [5, 5.41) is 19.5. The van der Waals surface area contributed by atoms with Gasteiger partial charge in [0.2, 0.25) is 10.0 Å². The van der Waals surface area contributed by atoms with Crippen LogP contribution < -0.4 is 15.8 Å². The monoisotopic (exact) mass is 500 g/mol. The highest BCUT2D eigenvalue weighted by Gasteiger charge is 2.20. The van der Waals surface area contributed by atoms with Gasteiger partial charge < -0.3 is 15.5 Å². The van der Waals surface area contributed by atoms with Crippen LogP contribution in [-0.2, 0) is 16.4 Å². The highest BCUT2D eigenvalue weighted by atomic mass is 32.2. The molecule has 0 radical (unpaired) electrons. The van der Waals surface area contributed by atoms with Gasteiger partial charge in [-0.3, -0.25) is 10.3 Å². The summed E-state index contributed by atoms with van der Waals surface area (Å²) >= 11 is 0. The van der Waals surface area contributed by atoms with E-state index in [1.54, 1.807) is 18.2 Å². The Bertz CT molecular complexity index is 1140. The largest absolute Gasteiger partial charge is 0.354 e. The van der Waals surface area contributed by atoms with Crippen LogP contribution >= 0.6 is 0 Å². The maximum absolute atomic E-state index is 12.7. The number of nitrogens with two attached hydrogens (primary N) is 1. The van der Waals surface area contributed by atoms with Crippen LogP contribution in [0, 0.1) is 5.41 Å². The zero-order chi connectivity index (χ0) is 25.4. The van der Waals surface area contributed by atoms with Crippen LogP contribution in [0.1, 0.15) is 44.2 Å². The molecule has 0 aliphatic carbocycles. The minimum absolute atomic E-state index is 0.0179. The van der Waals surface area contributed by atoms with E-state index in [1.165, 1.54) is 25.0 Å². The standard InChI is InChI=1S/C25H36N6O3S/c1-3-5-12-30-13-15-31(16-14-30)24(26)20-8-6-9-21(17-20)28-25(32)29-23-11-10-22(35(27,33)34)18-19(23)7-4-2/h6,8-11,17-18,26H,3-5,7,12-16H2,1-2H3,(H2,27,33,34)(H2,28,29,32). The summed E-state index contributed by atoms with van der Waals surface area (Å²) in [7, 11) is -3.82. The second kappa shape index (κ2) is 12.1. The number of sulfonamides is 1. The van der Waals surface area contributed by atoms with Gasteiger partial charge in [0, 0.05) is 43.1 Å². The van der Waals surface area contributed by atoms with Crippen LogP contribution in [0.5, 0.6) is 0 Å². The predicted molar refractivity (Wildman–Crippen MR) is 141 cm³/mol. The molecular formula is C25H36N6O3S. The van der Waals surface area contributed by atoms with E-state index in [0.29, 0.717) is 29.2 Å². The number of amidine groups is 1. The SMILES string of the molecule is CCCCN1CCN(C(=N)c2cccc(NC(=O)Nc3ccc(S(N)(=O)=O)cc3CCC)c2)CC1. The maximum atomic E-state index is 12.7. The number of hydrogen-bond acceptors (Lipinski definition) is 5. The highest BCUT2D eigenvalue weighted by molar-refractivity contribution is 7.89. The summed E-state index contributed by atoms with van der Waals surface area (Å²) in [6, 6.07) is 11.3. The Morgan fingerprint density at radius 3 is 2.43 bits per heavy atom. The number of nitrogens with zero attached hydrogens (tertiary/aromatic N) is 2. The van der Waals surface area contributed by atoms with Crippen LogP contribution in [0.15, 0.2) is 47.4 Å². The molecule has 1 saturated heterocycles. The normalized spacial score (nSPS) is 14.5. The Balaban J connectivity index is 1.64. The van der Waals surface area contributed by atoms with Crippen molar-refractivity contribution in [1.82, 2.24) is 9.80 Å². The van der Waals surface area contributed by atoms with Gasteiger partial charge in [-0.25, -0.2) is 18.4 Å². The molecule has 2 aromatic rings. The Morgan fingerprint density at radius 2 is 1.77 bits per heavy atom. The van der Waals surface area contributed by atoms with Gasteiger partial charge in [0.15, 0.2) is 0 Å². The van der Waals surface area contributed by atoms with Crippen molar-refractivity contribution in [2.45, 2.75) is 44.4 Å². The minimum atomic E-state index is -3.82. The smallest absolute Gasteiger partial charge is 0.323 e. The zero-order valence-corrected chi connectivity index (χ0v) is 21.3. The number of nitrogens with one attached hydrogen (secondary N) is 3. The van der Waals surface area contributed by atoms with E-state index in [4.69, 9.17) is 10.5 Å². The number of urea groups is 1. The van der Waals surface area contributed by atoms with Gasteiger partial charge in [-0.2, -0.15) is 0 Å². The molecule has 0 bridgehead atoms. The second-order valence-corrected chi connectivity index (χ2v) is 10.4. The van der Waals surface area contributed by atoms with Gasteiger partial charge in [-0.1, -0.05) is 38.8 Å². The summed E-state index contributed by atoms with van der Waals surface area (Å²) in [6.45, 7) is 8.81. The van der Waals surface area contributed by atoms with E-state index in [1.807, 2.05) is 19.1 Å². The molecule has 1 aliphatic rings. The number of anilines is 2. The van der Waals surface area contributed by atoms with Crippen LogP contribution in [0.3, 0.4) is 0 Å². The van der Waals surface area contributed by atoms with E-state index >= 15 is 0 Å². The number of aryl methyl sites for hydroxylation is 1. The molecule has 5 N–H and O–H groups in total. The van der Waals surface area contributed by atoms with Gasteiger partial charge in [-0.05, 0) is 55.3 Å². The topological polar surface area (TPSA) is 132 Å². The number of piperazine rings is 1. The lowest BCUT2D eigenvalue weighted by atomic mass is 10.1. The van der Waals surface area contributed by atoms with Crippen molar-refractivity contribution in [3.8, 4) is 0 Å². The van der Waals surface area contributed by atoms with Gasteiger partial charge in [0.05, 0.1) is 4.90 Å². The Hall–Kier alpha value is -2.95. The molecule has 0 atom stereocenters. The first-order chi connectivity index (χ1) is 16.7. The summed E-state index contributed by atoms with van der Waals surface area (Å²) in [6.07, 6.45) is 3.76. The molecule has 0 spiro atoms. The summed E-state index contributed by atoms with van der Waals surface area (Å²) in [5.41, 5.74) is 2.54.